The van der Waals surface area contributed by atoms with Crippen molar-refractivity contribution in [1.82, 2.24) is 0 Å². The number of carbonyl (C=O) groups excluding carboxylic acids is 1. The molecule has 0 aromatic rings. The summed E-state index contributed by atoms with van der Waals surface area (Å²) in [6, 6.07) is 0. The first-order chi connectivity index (χ1) is 3.79. The molecule has 0 aliphatic heterocycles. The van der Waals surface area contributed by atoms with Gasteiger partial charge in [0, 0.05) is 7.85 Å². The van der Waals surface area contributed by atoms with Crippen LogP contribution in [0.1, 0.15) is 41.5 Å². The van der Waals surface area contributed by atoms with Gasteiger partial charge in [-0.3, -0.25) is 0 Å². The summed E-state index contributed by atoms with van der Waals surface area (Å²) in [5.74, 6) is 1.11. The highest BCUT2D eigenvalue weighted by molar-refractivity contribution is 5.75. The summed E-state index contributed by atoms with van der Waals surface area (Å²) < 4.78 is 0. The van der Waals surface area contributed by atoms with E-state index in [-0.39, 0.29) is 8.85 Å². The number of Topliss-reactive ketones (excluding diaryl/α,β-unsaturated/α-hetero) is 1. The molecular weight excluding hydrogens is 112 g/mol. The molecule has 1 nitrogen and oxygen atoms in total. The second-order valence-electron chi connectivity index (χ2n) is 2.70. The van der Waals surface area contributed by atoms with Crippen LogP contribution in [0.4, 0.5) is 0 Å². The molecule has 0 heterocycles. The fraction of sp³-hybridized carbons (Fsp3) is 0.875. The Balaban J connectivity index is 0. The first-order valence-corrected chi connectivity index (χ1v) is 3.28. The van der Waals surface area contributed by atoms with Crippen molar-refractivity contribution < 1.29 is 6.22 Å². The van der Waals surface area contributed by atoms with Crippen LogP contribution in [0.2, 0.25) is 0 Å². The van der Waals surface area contributed by atoms with Crippen molar-refractivity contribution in [2.24, 2.45) is 5.92 Å². The summed E-state index contributed by atoms with van der Waals surface area (Å²) in [4.78, 5) is 10.4. The van der Waals surface area contributed by atoms with E-state index in [9.17, 15) is 4.79 Å². The molecule has 0 bridgehead atoms. The van der Waals surface area contributed by atoms with E-state index >= 15 is 0 Å². The Bertz CT molecular complexity index is 97.4. The van der Waals surface area contributed by atoms with Gasteiger partial charge < -0.3 is 4.79 Å². The lowest BCUT2D eigenvalue weighted by atomic mass is 9.82. The predicted molar refractivity (Wildman–Crippen MR) is 41.5 cm³/mol. The van der Waals surface area contributed by atoms with Crippen molar-refractivity contribution in [3.8, 4) is 0 Å². The van der Waals surface area contributed by atoms with Crippen LogP contribution in [-0.2, 0) is 4.79 Å². The first kappa shape index (κ1) is 8.67. The van der Waals surface area contributed by atoms with Gasteiger partial charge in [-0.2, -0.15) is 0 Å². The molecule has 1 heteroatoms. The highest BCUT2D eigenvalue weighted by Crippen LogP contribution is 2.29. The molecule has 56 valence electrons. The maximum absolute atomic E-state index is 10.4. The molecular formula is C8H18O. The van der Waals surface area contributed by atoms with Gasteiger partial charge in [0.1, 0.15) is 5.78 Å². The molecule has 0 aromatic carbocycles. The van der Waals surface area contributed by atoms with E-state index in [0.29, 0.717) is 5.78 Å². The molecule has 0 saturated heterocycles. The Morgan fingerprint density at radius 2 is 2.22 bits per heavy atom. The van der Waals surface area contributed by atoms with E-state index in [1.165, 1.54) is 19.3 Å². The average molecular weight is 130 g/mol. The number of carbonyl (C=O) groups is 1. The molecule has 1 fully saturated rings. The maximum atomic E-state index is 10.4. The van der Waals surface area contributed by atoms with Crippen molar-refractivity contribution >= 4 is 5.78 Å². The molecule has 1 saturated carbocycles. The number of hydrogen-bond acceptors (Lipinski definition) is 1. The van der Waals surface area contributed by atoms with Crippen molar-refractivity contribution in [2.45, 2.75) is 40.0 Å². The smallest absolute Gasteiger partial charge is 0.130 e. The Hall–Kier alpha value is -0.330. The average Bonchev–Trinajstić information content (AvgIpc) is 1.55. The third-order valence-electron chi connectivity index (χ3n) is 1.80. The van der Waals surface area contributed by atoms with E-state index in [0.717, 1.165) is 12.3 Å². The minimum absolute atomic E-state index is 0. The van der Waals surface area contributed by atoms with Crippen LogP contribution in [0, 0.1) is 5.92 Å². The minimum atomic E-state index is 0. The molecule has 1 rings (SSSR count). The third-order valence-corrected chi connectivity index (χ3v) is 1.80. The Labute approximate surface area is 58.9 Å². The summed E-state index contributed by atoms with van der Waals surface area (Å²) in [5.41, 5.74) is 0. The van der Waals surface area contributed by atoms with Gasteiger partial charge in [0.2, 0.25) is 0 Å². The molecule has 0 amide bonds. The summed E-state index contributed by atoms with van der Waals surface area (Å²) in [6.45, 7) is 1.68. The van der Waals surface area contributed by atoms with Crippen LogP contribution in [0.5, 0.6) is 0 Å². The molecule has 0 radical (unpaired) electrons. The van der Waals surface area contributed by atoms with E-state index < -0.39 is 0 Å². The monoisotopic (exact) mass is 130 g/mol. The number of ketones is 1. The molecule has 9 heavy (non-hydrogen) atoms. The zero-order valence-electron chi connectivity index (χ0n) is 5.31. The van der Waals surface area contributed by atoms with Crippen LogP contribution < -0.4 is 0 Å². The van der Waals surface area contributed by atoms with E-state index in [4.69, 9.17) is 0 Å². The van der Waals surface area contributed by atoms with Gasteiger partial charge in [0.15, 0.2) is 0 Å². The Morgan fingerprint density at radius 3 is 2.33 bits per heavy atom. The van der Waals surface area contributed by atoms with Crippen LogP contribution in [-0.4, -0.2) is 5.78 Å². The SMILES string of the molecule is C.CC(=O)CC1CCC1.[HH]. The first-order valence-electron chi connectivity index (χ1n) is 3.28. The molecule has 0 N–H and O–H groups in total. The lowest BCUT2D eigenvalue weighted by Crippen LogP contribution is -2.13. The zero-order chi connectivity index (χ0) is 5.98. The second kappa shape index (κ2) is 3.65. The van der Waals surface area contributed by atoms with Crippen molar-refractivity contribution in [2.75, 3.05) is 0 Å². The van der Waals surface area contributed by atoms with Gasteiger partial charge in [0.05, 0.1) is 0 Å². The summed E-state index contributed by atoms with van der Waals surface area (Å²) in [6.07, 6.45) is 4.76. The predicted octanol–water partition coefficient (Wildman–Crippen LogP) is 2.65. The minimum Gasteiger partial charge on any atom is -0.300 e. The fourth-order valence-corrected chi connectivity index (χ4v) is 1.10. The largest absolute Gasteiger partial charge is 0.300 e. The topological polar surface area (TPSA) is 17.1 Å². The number of hydrogen-bond donors (Lipinski definition) is 0. The van der Waals surface area contributed by atoms with Crippen molar-refractivity contribution in [1.29, 1.82) is 0 Å². The lowest BCUT2D eigenvalue weighted by Gasteiger charge is -2.23. The van der Waals surface area contributed by atoms with E-state index in [1.54, 1.807) is 6.92 Å². The lowest BCUT2D eigenvalue weighted by molar-refractivity contribution is -0.118. The fourth-order valence-electron chi connectivity index (χ4n) is 1.10. The molecule has 0 aromatic heterocycles. The van der Waals surface area contributed by atoms with Gasteiger partial charge in [-0.05, 0) is 12.8 Å². The third kappa shape index (κ3) is 2.64. The van der Waals surface area contributed by atoms with E-state index in [1.807, 2.05) is 0 Å². The second-order valence-corrected chi connectivity index (χ2v) is 2.70. The normalized spacial score (nSPS) is 17.9. The summed E-state index contributed by atoms with van der Waals surface area (Å²) >= 11 is 0. The molecule has 1 aliphatic carbocycles. The maximum Gasteiger partial charge on any atom is 0.130 e. The molecule has 0 atom stereocenters. The van der Waals surface area contributed by atoms with Crippen molar-refractivity contribution in [3.05, 3.63) is 0 Å². The molecule has 0 unspecified atom stereocenters. The highest BCUT2D eigenvalue weighted by atomic mass is 16.1. The van der Waals surface area contributed by atoms with E-state index in [2.05, 4.69) is 0 Å². The number of rotatable bonds is 2. The van der Waals surface area contributed by atoms with Gasteiger partial charge in [-0.1, -0.05) is 26.7 Å². The van der Waals surface area contributed by atoms with Gasteiger partial charge >= 0.3 is 0 Å². The Morgan fingerprint density at radius 1 is 1.67 bits per heavy atom. The van der Waals surface area contributed by atoms with Crippen molar-refractivity contribution in [3.63, 3.8) is 0 Å². The van der Waals surface area contributed by atoms with Crippen LogP contribution >= 0.6 is 0 Å². The van der Waals surface area contributed by atoms with Crippen LogP contribution in [0.15, 0.2) is 0 Å². The van der Waals surface area contributed by atoms with Gasteiger partial charge in [-0.25, -0.2) is 0 Å². The molecule has 1 aliphatic rings. The van der Waals surface area contributed by atoms with Crippen LogP contribution in [0.3, 0.4) is 0 Å². The van der Waals surface area contributed by atoms with Crippen LogP contribution in [0.25, 0.3) is 0 Å². The van der Waals surface area contributed by atoms with Gasteiger partial charge in [0.25, 0.3) is 0 Å². The summed E-state index contributed by atoms with van der Waals surface area (Å²) in [5, 5.41) is 0. The standard InChI is InChI=1S/C7H12O.CH4.H2/c1-6(8)5-7-3-2-4-7;;/h7H,2-5H2,1H3;1H4;1H. The highest BCUT2D eigenvalue weighted by Gasteiger charge is 2.18. The molecule has 0 spiro atoms. The van der Waals surface area contributed by atoms with Gasteiger partial charge in [-0.15, -0.1) is 0 Å². The zero-order valence-corrected chi connectivity index (χ0v) is 5.31. The summed E-state index contributed by atoms with van der Waals surface area (Å²) in [7, 11) is 0. The Kier molecular flexibility index (Phi) is 3.52. The quantitative estimate of drug-likeness (QED) is 0.561.